The average molecular weight is 661 g/mol. The normalized spacial score (nSPS) is 21.6. The summed E-state index contributed by atoms with van der Waals surface area (Å²) in [6.45, 7) is 7.14. The second kappa shape index (κ2) is 13.0. The van der Waals surface area contributed by atoms with Gasteiger partial charge in [0.25, 0.3) is 0 Å². The van der Waals surface area contributed by atoms with Gasteiger partial charge in [-0.1, -0.05) is 6.58 Å². The second-order valence-corrected chi connectivity index (χ2v) is 12.0. The van der Waals surface area contributed by atoms with Crippen LogP contribution in [0.3, 0.4) is 0 Å². The number of benzene rings is 1. The Labute approximate surface area is 268 Å². The summed E-state index contributed by atoms with van der Waals surface area (Å²) in [5.41, 5.74) is 0.0115. The lowest BCUT2D eigenvalue weighted by Gasteiger charge is -2.31. The Bertz CT molecular complexity index is 1620. The number of amides is 2. The highest BCUT2D eigenvalue weighted by molar-refractivity contribution is 5.93. The second-order valence-electron chi connectivity index (χ2n) is 12.0. The molecule has 1 aromatic carbocycles. The van der Waals surface area contributed by atoms with Gasteiger partial charge in [-0.3, -0.25) is 9.59 Å². The molecule has 5 rings (SSSR count). The Kier molecular flexibility index (Phi) is 9.38. The third-order valence-corrected chi connectivity index (χ3v) is 8.45. The van der Waals surface area contributed by atoms with Gasteiger partial charge in [-0.05, 0) is 69.2 Å². The van der Waals surface area contributed by atoms with Crippen LogP contribution in [-0.4, -0.2) is 78.5 Å². The summed E-state index contributed by atoms with van der Waals surface area (Å²) in [4.78, 5) is 31.8. The Morgan fingerprint density at radius 2 is 1.89 bits per heavy atom. The zero-order valence-corrected chi connectivity index (χ0v) is 26.0. The van der Waals surface area contributed by atoms with Gasteiger partial charge in [-0.25, -0.2) is 9.37 Å². The van der Waals surface area contributed by atoms with Gasteiger partial charge in [-0.2, -0.15) is 13.2 Å². The summed E-state index contributed by atoms with van der Waals surface area (Å²) in [6.07, 6.45) is -0.740. The summed E-state index contributed by atoms with van der Waals surface area (Å²) in [6, 6.07) is 5.62. The Balaban J connectivity index is 1.50. The standard InChI is InChI=1S/C33H36F4N4O6/c1-4-24(41-11-13-45-14-12-41)25(47-22-9-10-22)15-19(2)29(42)39-17-32(44,33(35,36)37)26-16-23-28(46-18-31(23,3)30(38)43)27(40-26)20-5-7-21(34)8-6-20/h4-8,15-16,22,44H,1,9-14,17-18H2,2-3H3,(H2,38,43)(H,39,42)/b19-15+,25-24-/t31-,32?/m0/s1. The van der Waals surface area contributed by atoms with Crippen LogP contribution < -0.4 is 15.8 Å². The van der Waals surface area contributed by atoms with E-state index in [9.17, 15) is 32.3 Å². The summed E-state index contributed by atoms with van der Waals surface area (Å²) in [5.74, 6) is -2.06. The van der Waals surface area contributed by atoms with Gasteiger partial charge in [0.15, 0.2) is 0 Å². The number of fused-ring (bicyclic) bond motifs is 1. The number of halogens is 4. The highest BCUT2D eigenvalue weighted by Gasteiger charge is 2.57. The summed E-state index contributed by atoms with van der Waals surface area (Å²) in [5, 5.41) is 13.5. The maximum Gasteiger partial charge on any atom is 0.424 e. The maximum atomic E-state index is 14.8. The number of aromatic nitrogens is 1. The van der Waals surface area contributed by atoms with Crippen molar-refractivity contribution in [1.29, 1.82) is 0 Å². The Morgan fingerprint density at radius 1 is 1.23 bits per heavy atom. The largest absolute Gasteiger partial charge is 0.489 e. The van der Waals surface area contributed by atoms with E-state index in [0.29, 0.717) is 37.8 Å². The molecule has 2 fully saturated rings. The van der Waals surface area contributed by atoms with Crippen LogP contribution in [-0.2, 0) is 30.1 Å². The number of hydrogen-bond donors (Lipinski definition) is 3. The molecule has 3 heterocycles. The lowest BCUT2D eigenvalue weighted by Crippen LogP contribution is -2.52. The van der Waals surface area contributed by atoms with Crippen molar-refractivity contribution in [2.75, 3.05) is 39.5 Å². The van der Waals surface area contributed by atoms with Crippen molar-refractivity contribution < 1.29 is 46.5 Å². The van der Waals surface area contributed by atoms with E-state index in [1.807, 2.05) is 4.90 Å². The number of alkyl halides is 3. The topological polar surface area (TPSA) is 136 Å². The van der Waals surface area contributed by atoms with Gasteiger partial charge in [0, 0.05) is 29.8 Å². The summed E-state index contributed by atoms with van der Waals surface area (Å²) < 4.78 is 75.2. The van der Waals surface area contributed by atoms with E-state index in [-0.39, 0.29) is 40.9 Å². The van der Waals surface area contributed by atoms with Crippen LogP contribution in [0, 0.1) is 5.82 Å². The molecule has 10 nitrogen and oxygen atoms in total. The molecule has 14 heteroatoms. The van der Waals surface area contributed by atoms with Crippen molar-refractivity contribution in [1.82, 2.24) is 15.2 Å². The van der Waals surface area contributed by atoms with Crippen LogP contribution in [0.5, 0.6) is 5.75 Å². The number of rotatable bonds is 11. The molecule has 2 amide bonds. The number of primary amides is 1. The average Bonchev–Trinajstić information content (AvgIpc) is 3.79. The van der Waals surface area contributed by atoms with E-state index in [1.165, 1.54) is 32.1 Å². The van der Waals surface area contributed by atoms with Crippen molar-refractivity contribution in [3.63, 3.8) is 0 Å². The fraction of sp³-hybridized carbons (Fsp3) is 0.424. The number of morpholine rings is 1. The van der Waals surface area contributed by atoms with Crippen LogP contribution in [0.15, 0.2) is 66.1 Å². The molecule has 2 aromatic rings. The highest BCUT2D eigenvalue weighted by atomic mass is 19.4. The number of pyridine rings is 1. The van der Waals surface area contributed by atoms with Crippen LogP contribution in [0.2, 0.25) is 0 Å². The number of nitrogens with zero attached hydrogens (tertiary/aromatic N) is 2. The van der Waals surface area contributed by atoms with Gasteiger partial charge in [0.1, 0.15) is 35.0 Å². The molecule has 0 bridgehead atoms. The maximum absolute atomic E-state index is 14.8. The van der Waals surface area contributed by atoms with Crippen molar-refractivity contribution in [2.45, 2.75) is 50.0 Å². The third kappa shape index (κ3) is 6.84. The van der Waals surface area contributed by atoms with Gasteiger partial charge in [0.05, 0.1) is 37.3 Å². The molecule has 1 aliphatic carbocycles. The molecule has 0 radical (unpaired) electrons. The minimum atomic E-state index is -5.35. The monoisotopic (exact) mass is 660 g/mol. The number of ether oxygens (including phenoxy) is 3. The van der Waals surface area contributed by atoms with Gasteiger partial charge in [-0.15, -0.1) is 0 Å². The molecular formula is C33H36F4N4O6. The number of aliphatic hydroxyl groups is 1. The van der Waals surface area contributed by atoms with Gasteiger partial charge >= 0.3 is 6.18 Å². The first kappa shape index (κ1) is 33.9. The molecule has 0 spiro atoms. The Morgan fingerprint density at radius 3 is 2.47 bits per heavy atom. The first-order valence-corrected chi connectivity index (χ1v) is 15.0. The van der Waals surface area contributed by atoms with Crippen LogP contribution >= 0.6 is 0 Å². The van der Waals surface area contributed by atoms with Crippen LogP contribution in [0.4, 0.5) is 17.6 Å². The molecular weight excluding hydrogens is 624 g/mol. The third-order valence-electron chi connectivity index (χ3n) is 8.45. The molecule has 2 atom stereocenters. The predicted molar refractivity (Wildman–Crippen MR) is 162 cm³/mol. The summed E-state index contributed by atoms with van der Waals surface area (Å²) in [7, 11) is 0. The molecule has 3 aliphatic rings. The quantitative estimate of drug-likeness (QED) is 0.144. The van der Waals surface area contributed by atoms with Gasteiger partial charge in [0.2, 0.25) is 17.4 Å². The zero-order chi connectivity index (χ0) is 34.1. The molecule has 1 saturated carbocycles. The van der Waals surface area contributed by atoms with Crippen molar-refractivity contribution in [3.8, 4) is 17.0 Å². The smallest absolute Gasteiger partial charge is 0.424 e. The molecule has 4 N–H and O–H groups in total. The van der Waals surface area contributed by atoms with Crippen LogP contribution in [0.25, 0.3) is 11.3 Å². The molecule has 1 aromatic heterocycles. The molecule has 1 unspecified atom stereocenters. The lowest BCUT2D eigenvalue weighted by molar-refractivity contribution is -0.265. The number of carbonyl (C=O) groups excluding carboxylic acids is 2. The van der Waals surface area contributed by atoms with Crippen molar-refractivity contribution in [2.24, 2.45) is 5.73 Å². The van der Waals surface area contributed by atoms with Crippen LogP contribution in [0.1, 0.15) is 37.9 Å². The van der Waals surface area contributed by atoms with Gasteiger partial charge < -0.3 is 35.3 Å². The number of allylic oxidation sites excluding steroid dienone is 2. The van der Waals surface area contributed by atoms with Crippen molar-refractivity contribution >= 4 is 11.8 Å². The number of nitrogens with two attached hydrogens (primary N) is 1. The minimum Gasteiger partial charge on any atom is -0.489 e. The first-order chi connectivity index (χ1) is 22.2. The Hall–Kier alpha value is -4.43. The molecule has 47 heavy (non-hydrogen) atoms. The predicted octanol–water partition coefficient (Wildman–Crippen LogP) is 3.74. The summed E-state index contributed by atoms with van der Waals surface area (Å²) >= 11 is 0. The zero-order valence-electron chi connectivity index (χ0n) is 26.0. The fourth-order valence-corrected chi connectivity index (χ4v) is 5.27. The van der Waals surface area contributed by atoms with E-state index in [2.05, 4.69) is 16.9 Å². The molecule has 2 aliphatic heterocycles. The van der Waals surface area contributed by atoms with E-state index in [4.69, 9.17) is 19.9 Å². The van der Waals surface area contributed by atoms with E-state index >= 15 is 0 Å². The van der Waals surface area contributed by atoms with E-state index < -0.39 is 47.1 Å². The number of hydrogen-bond acceptors (Lipinski definition) is 8. The SMILES string of the molecule is C=C/C(=C(\C=C(/C)C(=O)NCC(O)(c1cc2c(c(-c3ccc(F)cc3)n1)OC[C@]2(C)C(N)=O)C(F)(F)F)OC1CC1)N1CCOCC1. The fourth-order valence-electron chi connectivity index (χ4n) is 5.27. The first-order valence-electron chi connectivity index (χ1n) is 15.0. The van der Waals surface area contributed by atoms with E-state index in [1.54, 1.807) is 6.08 Å². The highest BCUT2D eigenvalue weighted by Crippen LogP contribution is 2.47. The lowest BCUT2D eigenvalue weighted by atomic mass is 9.81. The molecule has 252 valence electrons. The van der Waals surface area contributed by atoms with Crippen molar-refractivity contribution in [3.05, 3.63) is 83.2 Å². The number of nitrogens with one attached hydrogen (secondary N) is 1. The van der Waals surface area contributed by atoms with E-state index in [0.717, 1.165) is 31.0 Å². The molecule has 1 saturated heterocycles. The number of carbonyl (C=O) groups is 2. The minimum absolute atomic E-state index is 0.0152.